The van der Waals surface area contributed by atoms with Gasteiger partial charge in [-0.05, 0) is 37.0 Å². The predicted molar refractivity (Wildman–Crippen MR) is 95.9 cm³/mol. The summed E-state index contributed by atoms with van der Waals surface area (Å²) in [6, 6.07) is 7.12. The number of H-pyrrole nitrogens is 1. The minimum atomic E-state index is -0.421. The third-order valence-corrected chi connectivity index (χ3v) is 5.00. The van der Waals surface area contributed by atoms with Gasteiger partial charge in [-0.15, -0.1) is 0 Å². The molecule has 3 heterocycles. The van der Waals surface area contributed by atoms with Crippen molar-refractivity contribution in [1.82, 2.24) is 20.1 Å². The van der Waals surface area contributed by atoms with E-state index >= 15 is 0 Å². The van der Waals surface area contributed by atoms with E-state index in [0.29, 0.717) is 24.6 Å². The van der Waals surface area contributed by atoms with Crippen LogP contribution in [0, 0.1) is 6.92 Å². The first-order chi connectivity index (χ1) is 12.6. The number of aromatic amines is 1. The van der Waals surface area contributed by atoms with Crippen molar-refractivity contribution in [2.75, 3.05) is 13.1 Å². The number of piperidine rings is 1. The van der Waals surface area contributed by atoms with Gasteiger partial charge in [-0.2, -0.15) is 5.10 Å². The molecule has 0 unspecified atom stereocenters. The summed E-state index contributed by atoms with van der Waals surface area (Å²) in [6.07, 6.45) is 3.44. The molecule has 0 spiro atoms. The molecule has 0 atom stereocenters. The minimum Gasteiger partial charge on any atom is -0.423 e. The number of rotatable bonds is 3. The van der Waals surface area contributed by atoms with Crippen molar-refractivity contribution in [2.24, 2.45) is 0 Å². The van der Waals surface area contributed by atoms with Gasteiger partial charge in [0.2, 0.25) is 5.91 Å². The van der Waals surface area contributed by atoms with Crippen LogP contribution in [0.3, 0.4) is 0 Å². The Bertz CT molecular complexity index is 986. The second-order valence-corrected chi connectivity index (χ2v) is 6.79. The average molecular weight is 352 g/mol. The quantitative estimate of drug-likeness (QED) is 0.729. The van der Waals surface area contributed by atoms with Gasteiger partial charge in [-0.3, -0.25) is 9.89 Å². The number of amides is 1. The first-order valence-corrected chi connectivity index (χ1v) is 8.76. The van der Waals surface area contributed by atoms with E-state index in [0.717, 1.165) is 35.2 Å². The van der Waals surface area contributed by atoms with Crippen molar-refractivity contribution in [1.29, 1.82) is 0 Å². The number of nitrogens with one attached hydrogen (secondary N) is 1. The third kappa shape index (κ3) is 3.24. The molecule has 4 rings (SSSR count). The van der Waals surface area contributed by atoms with Crippen LogP contribution in [0.4, 0.5) is 0 Å². The Morgan fingerprint density at radius 2 is 2.12 bits per heavy atom. The number of aromatic nitrogens is 3. The Hall–Kier alpha value is -2.96. The average Bonchev–Trinajstić information content (AvgIpc) is 3.16. The lowest BCUT2D eigenvalue weighted by molar-refractivity contribution is -0.131. The highest BCUT2D eigenvalue weighted by Gasteiger charge is 2.25. The summed E-state index contributed by atoms with van der Waals surface area (Å²) in [6.45, 7) is 3.31. The molecule has 1 saturated heterocycles. The number of carbonyl (C=O) groups excluding carboxylic acids is 1. The van der Waals surface area contributed by atoms with Crippen LogP contribution in [0.25, 0.3) is 11.0 Å². The molecule has 0 bridgehead atoms. The minimum absolute atomic E-state index is 0.0356. The van der Waals surface area contributed by atoms with Crippen LogP contribution in [0.15, 0.2) is 39.8 Å². The zero-order chi connectivity index (χ0) is 18.1. The van der Waals surface area contributed by atoms with Gasteiger partial charge < -0.3 is 9.32 Å². The smallest absolute Gasteiger partial charge is 0.336 e. The van der Waals surface area contributed by atoms with E-state index in [9.17, 15) is 9.59 Å². The molecule has 1 aliphatic rings. The van der Waals surface area contributed by atoms with E-state index in [1.54, 1.807) is 0 Å². The summed E-state index contributed by atoms with van der Waals surface area (Å²) in [4.78, 5) is 30.7. The summed E-state index contributed by atoms with van der Waals surface area (Å²) in [7, 11) is 0. The largest absolute Gasteiger partial charge is 0.423 e. The predicted octanol–water partition coefficient (Wildman–Crippen LogP) is 2.17. The van der Waals surface area contributed by atoms with Crippen LogP contribution >= 0.6 is 0 Å². The second-order valence-electron chi connectivity index (χ2n) is 6.79. The maximum Gasteiger partial charge on any atom is 0.336 e. The first kappa shape index (κ1) is 16.5. The molecule has 7 heteroatoms. The Morgan fingerprint density at radius 3 is 2.85 bits per heavy atom. The monoisotopic (exact) mass is 352 g/mol. The SMILES string of the molecule is Cc1ccc2c(CC(=O)N3CCC(c4ncn[nH]4)CC3)cc(=O)oc2c1. The Labute approximate surface area is 150 Å². The van der Waals surface area contributed by atoms with E-state index in [2.05, 4.69) is 15.2 Å². The highest BCUT2D eigenvalue weighted by atomic mass is 16.4. The topological polar surface area (TPSA) is 92.1 Å². The summed E-state index contributed by atoms with van der Waals surface area (Å²) in [5, 5.41) is 7.63. The van der Waals surface area contributed by atoms with Crippen molar-refractivity contribution in [3.05, 3.63) is 58.0 Å². The number of carbonyl (C=O) groups is 1. The van der Waals surface area contributed by atoms with Crippen molar-refractivity contribution in [2.45, 2.75) is 32.1 Å². The first-order valence-electron chi connectivity index (χ1n) is 8.76. The van der Waals surface area contributed by atoms with Gasteiger partial charge in [0.25, 0.3) is 0 Å². The van der Waals surface area contributed by atoms with E-state index < -0.39 is 5.63 Å². The summed E-state index contributed by atoms with van der Waals surface area (Å²) in [5.74, 6) is 1.24. The number of likely N-dealkylation sites (tertiary alicyclic amines) is 1. The highest BCUT2D eigenvalue weighted by Crippen LogP contribution is 2.26. The highest BCUT2D eigenvalue weighted by molar-refractivity contribution is 5.87. The number of hydrogen-bond acceptors (Lipinski definition) is 5. The molecule has 2 aromatic heterocycles. The molecule has 0 saturated carbocycles. The zero-order valence-corrected chi connectivity index (χ0v) is 14.6. The number of hydrogen-bond donors (Lipinski definition) is 1. The fourth-order valence-electron chi connectivity index (χ4n) is 3.57. The Morgan fingerprint density at radius 1 is 1.31 bits per heavy atom. The van der Waals surface area contributed by atoms with Crippen LogP contribution in [0.2, 0.25) is 0 Å². The van der Waals surface area contributed by atoms with Crippen molar-refractivity contribution < 1.29 is 9.21 Å². The van der Waals surface area contributed by atoms with Crippen molar-refractivity contribution >= 4 is 16.9 Å². The van der Waals surface area contributed by atoms with Gasteiger partial charge in [-0.25, -0.2) is 9.78 Å². The van der Waals surface area contributed by atoms with Crippen LogP contribution in [-0.2, 0) is 11.2 Å². The Balaban J connectivity index is 1.49. The maximum atomic E-state index is 12.7. The number of fused-ring (bicyclic) bond motifs is 1. The number of aryl methyl sites for hydroxylation is 1. The molecule has 134 valence electrons. The van der Waals surface area contributed by atoms with Gasteiger partial charge >= 0.3 is 5.63 Å². The molecule has 1 aromatic carbocycles. The molecule has 1 aliphatic heterocycles. The van der Waals surface area contributed by atoms with Gasteiger partial charge in [0.1, 0.15) is 17.7 Å². The van der Waals surface area contributed by atoms with Crippen LogP contribution in [0.1, 0.15) is 35.7 Å². The van der Waals surface area contributed by atoms with Crippen molar-refractivity contribution in [3.63, 3.8) is 0 Å². The van der Waals surface area contributed by atoms with Gasteiger partial charge in [0.05, 0.1) is 6.42 Å². The molecule has 0 radical (unpaired) electrons. The molecule has 26 heavy (non-hydrogen) atoms. The number of nitrogens with zero attached hydrogens (tertiary/aromatic N) is 3. The van der Waals surface area contributed by atoms with Gasteiger partial charge in [-0.1, -0.05) is 12.1 Å². The van der Waals surface area contributed by atoms with E-state index in [4.69, 9.17) is 4.42 Å². The molecule has 1 N–H and O–H groups in total. The van der Waals surface area contributed by atoms with Gasteiger partial charge in [0, 0.05) is 30.5 Å². The van der Waals surface area contributed by atoms with E-state index in [1.165, 1.54) is 12.4 Å². The fourth-order valence-corrected chi connectivity index (χ4v) is 3.57. The molecule has 1 amide bonds. The summed E-state index contributed by atoms with van der Waals surface area (Å²) < 4.78 is 5.27. The maximum absolute atomic E-state index is 12.7. The molecule has 1 fully saturated rings. The zero-order valence-electron chi connectivity index (χ0n) is 14.6. The van der Waals surface area contributed by atoms with Crippen LogP contribution in [0.5, 0.6) is 0 Å². The summed E-state index contributed by atoms with van der Waals surface area (Å²) in [5.41, 5.74) is 1.84. The lowest BCUT2D eigenvalue weighted by Gasteiger charge is -2.31. The standard InChI is InChI=1S/C19H20N4O3/c1-12-2-3-15-14(10-18(25)26-16(15)8-12)9-17(24)23-6-4-13(5-7-23)19-20-11-21-22-19/h2-3,8,10-11,13H,4-7,9H2,1H3,(H,20,21,22). The molecule has 3 aromatic rings. The molecular weight excluding hydrogens is 332 g/mol. The number of benzene rings is 1. The summed E-state index contributed by atoms with van der Waals surface area (Å²) >= 11 is 0. The van der Waals surface area contributed by atoms with Crippen LogP contribution < -0.4 is 5.63 Å². The van der Waals surface area contributed by atoms with Crippen molar-refractivity contribution in [3.8, 4) is 0 Å². The third-order valence-electron chi connectivity index (χ3n) is 5.00. The van der Waals surface area contributed by atoms with E-state index in [1.807, 2.05) is 30.0 Å². The second kappa shape index (κ2) is 6.74. The Kier molecular flexibility index (Phi) is 4.28. The normalized spacial score (nSPS) is 15.5. The molecule has 7 nitrogen and oxygen atoms in total. The van der Waals surface area contributed by atoms with E-state index in [-0.39, 0.29) is 12.3 Å². The van der Waals surface area contributed by atoms with Gasteiger partial charge in [0.15, 0.2) is 0 Å². The molecule has 0 aliphatic carbocycles. The van der Waals surface area contributed by atoms with Crippen LogP contribution in [-0.4, -0.2) is 39.1 Å². The fraction of sp³-hybridized carbons (Fsp3) is 0.368. The molecular formula is C19H20N4O3. The lowest BCUT2D eigenvalue weighted by Crippen LogP contribution is -2.39. The lowest BCUT2D eigenvalue weighted by atomic mass is 9.95.